The van der Waals surface area contributed by atoms with Crippen molar-refractivity contribution < 1.29 is 13.0 Å². The Balaban J connectivity index is 2.47. The van der Waals surface area contributed by atoms with Crippen LogP contribution in [0.2, 0.25) is 0 Å². The molecular formula is C15H17NO3S2. The molecule has 2 aromatic carbocycles. The van der Waals surface area contributed by atoms with Gasteiger partial charge in [0.2, 0.25) is 0 Å². The standard InChI is InChI=1S/C15H17NO3S2/c1-4-16-12-8-9-13(21(17,18)19)10-6-5-7-11(14(10)12)15(16,2)20-3/h5-9H,4H2,1-3H3,(H,17,18,19). The lowest BCUT2D eigenvalue weighted by atomic mass is 10.0. The SMILES string of the molecule is CCN1c2ccc(S(=O)(=O)O)c3cccc(c23)C1(C)SC. The van der Waals surface area contributed by atoms with Crippen molar-refractivity contribution in [2.45, 2.75) is 23.6 Å². The zero-order valence-corrected chi connectivity index (χ0v) is 13.8. The van der Waals surface area contributed by atoms with Crippen LogP contribution in [0, 0.1) is 0 Å². The van der Waals surface area contributed by atoms with Gasteiger partial charge in [-0.05, 0) is 37.8 Å². The van der Waals surface area contributed by atoms with E-state index in [-0.39, 0.29) is 9.77 Å². The van der Waals surface area contributed by atoms with Gasteiger partial charge in [-0.15, -0.1) is 11.8 Å². The van der Waals surface area contributed by atoms with Crippen LogP contribution in [0.4, 0.5) is 5.69 Å². The van der Waals surface area contributed by atoms with Crippen LogP contribution in [-0.4, -0.2) is 25.8 Å². The van der Waals surface area contributed by atoms with E-state index in [2.05, 4.69) is 25.0 Å². The molecular weight excluding hydrogens is 306 g/mol. The monoisotopic (exact) mass is 323 g/mol. The van der Waals surface area contributed by atoms with Crippen LogP contribution >= 0.6 is 11.8 Å². The molecule has 0 bridgehead atoms. The second kappa shape index (κ2) is 4.63. The van der Waals surface area contributed by atoms with Gasteiger partial charge in [-0.3, -0.25) is 4.55 Å². The average Bonchev–Trinajstić information content (AvgIpc) is 2.69. The van der Waals surface area contributed by atoms with E-state index < -0.39 is 10.1 Å². The van der Waals surface area contributed by atoms with Gasteiger partial charge in [0.25, 0.3) is 10.1 Å². The van der Waals surface area contributed by atoms with E-state index in [4.69, 9.17) is 0 Å². The van der Waals surface area contributed by atoms with Crippen LogP contribution in [-0.2, 0) is 15.0 Å². The molecule has 3 rings (SSSR count). The zero-order valence-electron chi connectivity index (χ0n) is 12.1. The summed E-state index contributed by atoms with van der Waals surface area (Å²) in [5.74, 6) is 0. The first-order valence-corrected chi connectivity index (χ1v) is 9.37. The minimum absolute atomic E-state index is 0.0236. The molecule has 2 aromatic rings. The molecule has 0 saturated heterocycles. The van der Waals surface area contributed by atoms with Crippen molar-refractivity contribution in [3.8, 4) is 0 Å². The molecule has 0 aromatic heterocycles. The first-order valence-electron chi connectivity index (χ1n) is 6.71. The van der Waals surface area contributed by atoms with Gasteiger partial charge in [0.15, 0.2) is 0 Å². The maximum Gasteiger partial charge on any atom is 0.295 e. The van der Waals surface area contributed by atoms with Gasteiger partial charge >= 0.3 is 0 Å². The maximum absolute atomic E-state index is 11.6. The lowest BCUT2D eigenvalue weighted by Gasteiger charge is -2.36. The molecule has 112 valence electrons. The number of thioether (sulfide) groups is 1. The normalized spacial score (nSPS) is 21.2. The smallest absolute Gasteiger partial charge is 0.295 e. The predicted octanol–water partition coefficient (Wildman–Crippen LogP) is 3.46. The van der Waals surface area contributed by atoms with Crippen molar-refractivity contribution in [3.63, 3.8) is 0 Å². The molecule has 1 aliphatic heterocycles. The van der Waals surface area contributed by atoms with Crippen LogP contribution in [0.25, 0.3) is 10.8 Å². The van der Waals surface area contributed by atoms with Gasteiger partial charge in [-0.1, -0.05) is 18.2 Å². The number of benzene rings is 2. The molecule has 0 spiro atoms. The molecule has 0 radical (unpaired) electrons. The fraction of sp³-hybridized carbons (Fsp3) is 0.333. The lowest BCUT2D eigenvalue weighted by Crippen LogP contribution is -2.37. The fourth-order valence-electron chi connectivity index (χ4n) is 3.27. The third-order valence-corrected chi connectivity index (χ3v) is 6.42. The molecule has 1 N–H and O–H groups in total. The number of hydrogen-bond donors (Lipinski definition) is 1. The van der Waals surface area contributed by atoms with E-state index in [1.807, 2.05) is 12.1 Å². The Kier molecular flexibility index (Phi) is 3.24. The Hall–Kier alpha value is -1.24. The number of nitrogens with zero attached hydrogens (tertiary/aromatic N) is 1. The van der Waals surface area contributed by atoms with Gasteiger partial charge in [0.05, 0.1) is 0 Å². The second-order valence-corrected chi connectivity index (χ2v) is 7.81. The van der Waals surface area contributed by atoms with E-state index in [0.717, 1.165) is 23.2 Å². The highest BCUT2D eigenvalue weighted by molar-refractivity contribution is 7.99. The average molecular weight is 323 g/mol. The quantitative estimate of drug-likeness (QED) is 0.877. The number of hydrogen-bond acceptors (Lipinski definition) is 4. The molecule has 1 aliphatic rings. The minimum Gasteiger partial charge on any atom is -0.353 e. The number of anilines is 1. The minimum atomic E-state index is -4.23. The summed E-state index contributed by atoms with van der Waals surface area (Å²) in [6.07, 6.45) is 2.05. The first-order chi connectivity index (χ1) is 9.84. The van der Waals surface area contributed by atoms with E-state index in [0.29, 0.717) is 5.39 Å². The third-order valence-electron chi connectivity index (χ3n) is 4.28. The summed E-state index contributed by atoms with van der Waals surface area (Å²) in [4.78, 5) is 2.02. The van der Waals surface area contributed by atoms with E-state index in [9.17, 15) is 13.0 Å². The summed E-state index contributed by atoms with van der Waals surface area (Å²) < 4.78 is 32.7. The molecule has 6 heteroatoms. The Labute approximate surface area is 128 Å². The Morgan fingerprint density at radius 2 is 2.00 bits per heavy atom. The Morgan fingerprint density at radius 3 is 2.57 bits per heavy atom. The van der Waals surface area contributed by atoms with E-state index in [1.165, 1.54) is 6.07 Å². The topological polar surface area (TPSA) is 57.6 Å². The molecule has 4 nitrogen and oxygen atoms in total. The van der Waals surface area contributed by atoms with Gasteiger partial charge in [0.1, 0.15) is 9.77 Å². The van der Waals surface area contributed by atoms with E-state index >= 15 is 0 Å². The van der Waals surface area contributed by atoms with Crippen LogP contribution < -0.4 is 4.90 Å². The largest absolute Gasteiger partial charge is 0.353 e. The molecule has 21 heavy (non-hydrogen) atoms. The highest BCUT2D eigenvalue weighted by Gasteiger charge is 2.41. The molecule has 0 amide bonds. The van der Waals surface area contributed by atoms with Crippen LogP contribution in [0.1, 0.15) is 19.4 Å². The van der Waals surface area contributed by atoms with Gasteiger partial charge in [-0.2, -0.15) is 8.42 Å². The highest BCUT2D eigenvalue weighted by atomic mass is 32.2. The molecule has 1 unspecified atom stereocenters. The molecule has 0 fully saturated rings. The van der Waals surface area contributed by atoms with Gasteiger partial charge < -0.3 is 4.90 Å². The van der Waals surface area contributed by atoms with Crippen molar-refractivity contribution >= 4 is 38.3 Å². The van der Waals surface area contributed by atoms with Crippen LogP contribution in [0.15, 0.2) is 35.2 Å². The number of rotatable bonds is 3. The summed E-state index contributed by atoms with van der Waals surface area (Å²) in [6.45, 7) is 5.05. The Morgan fingerprint density at radius 1 is 1.29 bits per heavy atom. The van der Waals surface area contributed by atoms with Crippen LogP contribution in [0.5, 0.6) is 0 Å². The summed E-state index contributed by atoms with van der Waals surface area (Å²) in [7, 11) is -4.23. The maximum atomic E-state index is 11.6. The highest BCUT2D eigenvalue weighted by Crippen LogP contribution is 2.53. The van der Waals surface area contributed by atoms with Gasteiger partial charge in [0, 0.05) is 23.0 Å². The van der Waals surface area contributed by atoms with Crippen molar-refractivity contribution in [1.82, 2.24) is 0 Å². The summed E-state index contributed by atoms with van der Waals surface area (Å²) >= 11 is 1.72. The second-order valence-electron chi connectivity index (χ2n) is 5.22. The van der Waals surface area contributed by atoms with Crippen LogP contribution in [0.3, 0.4) is 0 Å². The lowest BCUT2D eigenvalue weighted by molar-refractivity contribution is 0.484. The molecule has 1 atom stereocenters. The predicted molar refractivity (Wildman–Crippen MR) is 87.6 cm³/mol. The molecule has 0 aliphatic carbocycles. The molecule has 1 heterocycles. The van der Waals surface area contributed by atoms with Crippen molar-refractivity contribution in [2.24, 2.45) is 0 Å². The third kappa shape index (κ3) is 1.89. The fourth-order valence-corrected chi connectivity index (χ4v) is 4.79. The summed E-state index contributed by atoms with van der Waals surface area (Å²) in [5.41, 5.74) is 2.11. The van der Waals surface area contributed by atoms with E-state index in [1.54, 1.807) is 23.9 Å². The Bertz CT molecular complexity index is 832. The summed E-state index contributed by atoms with van der Waals surface area (Å²) in [6, 6.07) is 8.92. The zero-order chi connectivity index (χ0) is 15.4. The van der Waals surface area contributed by atoms with Crippen molar-refractivity contribution in [2.75, 3.05) is 17.7 Å². The molecule has 0 saturated carbocycles. The first kappa shape index (κ1) is 14.7. The summed E-state index contributed by atoms with van der Waals surface area (Å²) in [5, 5.41) is 1.51. The van der Waals surface area contributed by atoms with Gasteiger partial charge in [-0.25, -0.2) is 0 Å². The van der Waals surface area contributed by atoms with Crippen molar-refractivity contribution in [1.29, 1.82) is 0 Å². The van der Waals surface area contributed by atoms with Crippen molar-refractivity contribution in [3.05, 3.63) is 35.9 Å².